The van der Waals surface area contributed by atoms with Gasteiger partial charge < -0.3 is 20.1 Å². The van der Waals surface area contributed by atoms with Gasteiger partial charge in [-0.1, -0.05) is 0 Å². The van der Waals surface area contributed by atoms with Gasteiger partial charge in [0.05, 0.1) is 19.3 Å². The third kappa shape index (κ3) is 4.70. The quantitative estimate of drug-likeness (QED) is 0.495. The number of esters is 1. The number of aliphatic hydroxyl groups is 1. The second kappa shape index (κ2) is 8.34. The minimum atomic E-state index is -0.864. The van der Waals surface area contributed by atoms with E-state index in [-0.39, 0.29) is 31.7 Å². The Kier molecular flexibility index (Phi) is 6.79. The lowest BCUT2D eigenvalue weighted by molar-refractivity contribution is -0.146. The zero-order valence-corrected chi connectivity index (χ0v) is 12.7. The molecule has 0 bridgehead atoms. The minimum absolute atomic E-state index is 0.102. The summed E-state index contributed by atoms with van der Waals surface area (Å²) in [5, 5.41) is 20.7. The van der Waals surface area contributed by atoms with Gasteiger partial charge in [-0.25, -0.2) is 4.79 Å². The standard InChI is InChI=1S/C14H21N3O5/c1-9(18)17-8-10(19)7-12(17)13(20)16-11(14(21)22-2)5-3-4-6-15/h10-12,19H,3-5,7-8H2,1-2H3,(H,16,20)/t10-,11-,12+/m1/s1. The van der Waals surface area contributed by atoms with Crippen LogP contribution < -0.4 is 5.32 Å². The topological polar surface area (TPSA) is 120 Å². The van der Waals surface area contributed by atoms with Crippen LogP contribution in [-0.2, 0) is 19.1 Å². The number of carbonyl (C=O) groups excluding carboxylic acids is 3. The lowest BCUT2D eigenvalue weighted by atomic mass is 10.1. The van der Waals surface area contributed by atoms with Gasteiger partial charge in [0.1, 0.15) is 12.1 Å². The Morgan fingerprint density at radius 2 is 2.18 bits per heavy atom. The lowest BCUT2D eigenvalue weighted by Gasteiger charge is -2.24. The van der Waals surface area contributed by atoms with Gasteiger partial charge >= 0.3 is 5.97 Å². The number of hydrogen-bond donors (Lipinski definition) is 2. The second-order valence-electron chi connectivity index (χ2n) is 5.21. The number of nitrogens with one attached hydrogen (secondary N) is 1. The van der Waals surface area contributed by atoms with Crippen LogP contribution in [0.15, 0.2) is 0 Å². The summed E-state index contributed by atoms with van der Waals surface area (Å²) in [5.41, 5.74) is 0. The smallest absolute Gasteiger partial charge is 0.328 e. The van der Waals surface area contributed by atoms with Crippen molar-refractivity contribution in [1.29, 1.82) is 5.26 Å². The van der Waals surface area contributed by atoms with Gasteiger partial charge in [0, 0.05) is 26.3 Å². The predicted molar refractivity (Wildman–Crippen MR) is 75.2 cm³/mol. The SMILES string of the molecule is COC(=O)[C@@H](CCCC#N)NC(=O)[C@@H]1C[C@@H](O)CN1C(C)=O. The molecule has 1 aliphatic rings. The summed E-state index contributed by atoms with van der Waals surface area (Å²) in [6, 6.07) is 0.306. The largest absolute Gasteiger partial charge is 0.467 e. The van der Waals surface area contributed by atoms with Gasteiger partial charge in [-0.3, -0.25) is 9.59 Å². The second-order valence-corrected chi connectivity index (χ2v) is 5.21. The first-order valence-corrected chi connectivity index (χ1v) is 7.11. The molecule has 1 aliphatic heterocycles. The molecule has 0 aliphatic carbocycles. The highest BCUT2D eigenvalue weighted by molar-refractivity contribution is 5.90. The fourth-order valence-corrected chi connectivity index (χ4v) is 2.45. The van der Waals surface area contributed by atoms with Crippen molar-refractivity contribution in [3.63, 3.8) is 0 Å². The Morgan fingerprint density at radius 1 is 1.50 bits per heavy atom. The Labute approximate surface area is 129 Å². The molecule has 1 fully saturated rings. The number of amides is 2. The van der Waals surface area contributed by atoms with E-state index in [4.69, 9.17) is 5.26 Å². The van der Waals surface area contributed by atoms with Crippen LogP contribution in [0, 0.1) is 11.3 Å². The molecule has 0 aromatic rings. The van der Waals surface area contributed by atoms with Gasteiger partial charge in [0.15, 0.2) is 0 Å². The first-order valence-electron chi connectivity index (χ1n) is 7.11. The monoisotopic (exact) mass is 311 g/mol. The number of nitriles is 1. The first kappa shape index (κ1) is 17.9. The molecule has 3 atom stereocenters. The lowest BCUT2D eigenvalue weighted by Crippen LogP contribution is -2.50. The number of aliphatic hydroxyl groups excluding tert-OH is 1. The van der Waals surface area contributed by atoms with Crippen LogP contribution >= 0.6 is 0 Å². The van der Waals surface area contributed by atoms with Crippen molar-refractivity contribution in [2.45, 2.75) is 50.8 Å². The molecule has 0 unspecified atom stereocenters. The highest BCUT2D eigenvalue weighted by Gasteiger charge is 2.38. The third-order valence-corrected chi connectivity index (χ3v) is 3.57. The van der Waals surface area contributed by atoms with Gasteiger partial charge in [-0.05, 0) is 12.8 Å². The molecule has 8 nitrogen and oxygen atoms in total. The van der Waals surface area contributed by atoms with Crippen LogP contribution in [0.25, 0.3) is 0 Å². The Bertz CT molecular complexity index is 474. The summed E-state index contributed by atoms with van der Waals surface area (Å²) < 4.78 is 4.64. The average Bonchev–Trinajstić information content (AvgIpc) is 2.88. The van der Waals surface area contributed by atoms with Crippen LogP contribution in [-0.4, -0.2) is 59.6 Å². The minimum Gasteiger partial charge on any atom is -0.467 e. The first-order chi connectivity index (χ1) is 10.4. The Balaban J connectivity index is 2.71. The molecule has 0 radical (unpaired) electrons. The molecular formula is C14H21N3O5. The maximum atomic E-state index is 12.3. The summed E-state index contributed by atoms with van der Waals surface area (Å²) in [6.45, 7) is 1.42. The fraction of sp³-hybridized carbons (Fsp3) is 0.714. The highest BCUT2D eigenvalue weighted by Crippen LogP contribution is 2.18. The fourth-order valence-electron chi connectivity index (χ4n) is 2.45. The molecule has 1 heterocycles. The van der Waals surface area contributed by atoms with Crippen molar-refractivity contribution in [1.82, 2.24) is 10.2 Å². The number of ether oxygens (including phenoxy) is 1. The van der Waals surface area contributed by atoms with E-state index in [1.165, 1.54) is 18.9 Å². The molecule has 122 valence electrons. The van der Waals surface area contributed by atoms with Crippen LogP contribution in [0.3, 0.4) is 0 Å². The number of β-amino-alcohol motifs (C(OH)–C–C–N with tert-alkyl or cyclic N) is 1. The van der Waals surface area contributed by atoms with Crippen molar-refractivity contribution in [2.75, 3.05) is 13.7 Å². The van der Waals surface area contributed by atoms with Gasteiger partial charge in [-0.2, -0.15) is 5.26 Å². The molecule has 0 aromatic carbocycles. The van der Waals surface area contributed by atoms with Crippen molar-refractivity contribution in [3.8, 4) is 6.07 Å². The van der Waals surface area contributed by atoms with E-state index in [9.17, 15) is 19.5 Å². The molecular weight excluding hydrogens is 290 g/mol. The van der Waals surface area contributed by atoms with E-state index < -0.39 is 30.1 Å². The van der Waals surface area contributed by atoms with E-state index in [1.54, 1.807) is 0 Å². The van der Waals surface area contributed by atoms with Gasteiger partial charge in [0.25, 0.3) is 0 Å². The molecule has 1 saturated heterocycles. The predicted octanol–water partition coefficient (Wildman–Crippen LogP) is -0.680. The van der Waals surface area contributed by atoms with E-state index in [2.05, 4.69) is 10.1 Å². The number of nitrogens with zero attached hydrogens (tertiary/aromatic N) is 2. The highest BCUT2D eigenvalue weighted by atomic mass is 16.5. The zero-order chi connectivity index (χ0) is 16.7. The maximum Gasteiger partial charge on any atom is 0.328 e. The summed E-state index contributed by atoms with van der Waals surface area (Å²) in [7, 11) is 1.22. The number of rotatable bonds is 6. The third-order valence-electron chi connectivity index (χ3n) is 3.57. The number of hydrogen-bond acceptors (Lipinski definition) is 6. The number of likely N-dealkylation sites (tertiary alicyclic amines) is 1. The van der Waals surface area contributed by atoms with E-state index in [0.717, 1.165) is 0 Å². The van der Waals surface area contributed by atoms with Crippen LogP contribution in [0.2, 0.25) is 0 Å². The van der Waals surface area contributed by atoms with Crippen LogP contribution in [0.4, 0.5) is 0 Å². The normalized spacial score (nSPS) is 21.8. The summed E-state index contributed by atoms with van der Waals surface area (Å²) in [4.78, 5) is 36.7. The van der Waals surface area contributed by atoms with Crippen LogP contribution in [0.5, 0.6) is 0 Å². The number of carbonyl (C=O) groups is 3. The summed E-state index contributed by atoms with van der Waals surface area (Å²) in [5.74, 6) is -1.41. The zero-order valence-electron chi connectivity index (χ0n) is 12.7. The Hall–Kier alpha value is -2.14. The van der Waals surface area contributed by atoms with Crippen molar-refractivity contribution < 1.29 is 24.2 Å². The molecule has 22 heavy (non-hydrogen) atoms. The molecule has 2 N–H and O–H groups in total. The molecule has 0 spiro atoms. The number of methoxy groups -OCH3 is 1. The summed E-state index contributed by atoms with van der Waals surface area (Å²) in [6.07, 6.45) is 0.374. The molecule has 1 rings (SSSR count). The summed E-state index contributed by atoms with van der Waals surface area (Å²) >= 11 is 0. The van der Waals surface area contributed by atoms with Crippen molar-refractivity contribution >= 4 is 17.8 Å². The molecule has 0 saturated carbocycles. The molecule has 0 aromatic heterocycles. The average molecular weight is 311 g/mol. The maximum absolute atomic E-state index is 12.3. The molecule has 8 heteroatoms. The number of unbranched alkanes of at least 4 members (excludes halogenated alkanes) is 1. The van der Waals surface area contributed by atoms with E-state index >= 15 is 0 Å². The Morgan fingerprint density at radius 3 is 2.73 bits per heavy atom. The van der Waals surface area contributed by atoms with Crippen molar-refractivity contribution in [3.05, 3.63) is 0 Å². The van der Waals surface area contributed by atoms with E-state index in [0.29, 0.717) is 6.42 Å². The van der Waals surface area contributed by atoms with Crippen LogP contribution in [0.1, 0.15) is 32.6 Å². The van der Waals surface area contributed by atoms with Crippen molar-refractivity contribution in [2.24, 2.45) is 0 Å². The van der Waals surface area contributed by atoms with Gasteiger partial charge in [0.2, 0.25) is 11.8 Å². The molecule has 2 amide bonds. The van der Waals surface area contributed by atoms with Gasteiger partial charge in [-0.15, -0.1) is 0 Å². The van der Waals surface area contributed by atoms with E-state index in [1.807, 2.05) is 6.07 Å².